The summed E-state index contributed by atoms with van der Waals surface area (Å²) in [5.74, 6) is 0.871. The van der Waals surface area contributed by atoms with Crippen molar-refractivity contribution in [2.24, 2.45) is 0 Å². The Labute approximate surface area is 193 Å². The average molecular weight is 452 g/mol. The number of ether oxygens (including phenoxy) is 2. The van der Waals surface area contributed by atoms with Gasteiger partial charge in [-0.3, -0.25) is 20.4 Å². The summed E-state index contributed by atoms with van der Waals surface area (Å²) in [5, 5.41) is 4.34. The van der Waals surface area contributed by atoms with Crippen LogP contribution in [0.15, 0.2) is 48.5 Å². The van der Waals surface area contributed by atoms with Crippen molar-refractivity contribution >= 4 is 11.8 Å². The van der Waals surface area contributed by atoms with E-state index >= 15 is 0 Å². The quantitative estimate of drug-likeness (QED) is 0.509. The Morgan fingerprint density at radius 3 is 2.33 bits per heavy atom. The van der Waals surface area contributed by atoms with E-state index in [1.165, 1.54) is 0 Å². The summed E-state index contributed by atoms with van der Waals surface area (Å²) in [5.41, 5.74) is 6.65. The first-order valence-electron chi connectivity index (χ1n) is 10.8. The van der Waals surface area contributed by atoms with E-state index in [0.717, 1.165) is 11.3 Å². The lowest BCUT2D eigenvalue weighted by molar-refractivity contribution is -0.128. The van der Waals surface area contributed by atoms with Crippen molar-refractivity contribution < 1.29 is 19.1 Å². The van der Waals surface area contributed by atoms with Crippen LogP contribution in [-0.2, 0) is 4.79 Å². The standard InChI is InChI=1S/C24H29N5O4/c1-6-32-18-11-13-19(14-12-18)33-16(4)23(30)26-27-24(31)22-25-17(5)29(28-22)21-10-8-7-9-20(21)15(2)3/h7-16H,6H2,1-5H3,(H,26,30)(H,27,31). The van der Waals surface area contributed by atoms with Gasteiger partial charge in [-0.15, -0.1) is 5.10 Å². The van der Waals surface area contributed by atoms with Crippen LogP contribution in [0.3, 0.4) is 0 Å². The molecule has 0 aliphatic carbocycles. The molecule has 0 aliphatic rings. The van der Waals surface area contributed by atoms with Gasteiger partial charge >= 0.3 is 5.91 Å². The molecule has 3 rings (SSSR count). The van der Waals surface area contributed by atoms with Gasteiger partial charge in [0.15, 0.2) is 6.10 Å². The molecule has 0 bridgehead atoms. The number of amides is 2. The van der Waals surface area contributed by atoms with Gasteiger partial charge in [0.2, 0.25) is 5.82 Å². The van der Waals surface area contributed by atoms with Crippen LogP contribution in [0.2, 0.25) is 0 Å². The van der Waals surface area contributed by atoms with E-state index in [9.17, 15) is 9.59 Å². The molecule has 0 saturated carbocycles. The van der Waals surface area contributed by atoms with Gasteiger partial charge in [0.1, 0.15) is 17.3 Å². The predicted molar refractivity (Wildman–Crippen MR) is 123 cm³/mol. The molecule has 9 nitrogen and oxygen atoms in total. The van der Waals surface area contributed by atoms with Crippen molar-refractivity contribution in [1.29, 1.82) is 0 Å². The van der Waals surface area contributed by atoms with E-state index in [4.69, 9.17) is 9.47 Å². The third kappa shape index (κ3) is 5.88. The Hall–Kier alpha value is -3.88. The Bertz CT molecular complexity index is 1110. The van der Waals surface area contributed by atoms with Gasteiger partial charge in [0.05, 0.1) is 12.3 Å². The lowest BCUT2D eigenvalue weighted by Crippen LogP contribution is -2.47. The number of benzene rings is 2. The van der Waals surface area contributed by atoms with E-state index in [0.29, 0.717) is 23.9 Å². The maximum Gasteiger partial charge on any atom is 0.309 e. The number of carbonyl (C=O) groups is 2. The van der Waals surface area contributed by atoms with Gasteiger partial charge in [-0.1, -0.05) is 32.0 Å². The van der Waals surface area contributed by atoms with Gasteiger partial charge in [0, 0.05) is 0 Å². The van der Waals surface area contributed by atoms with Crippen molar-refractivity contribution in [2.45, 2.75) is 46.6 Å². The van der Waals surface area contributed by atoms with Crippen LogP contribution in [0.25, 0.3) is 5.69 Å². The smallest absolute Gasteiger partial charge is 0.309 e. The first kappa shape index (κ1) is 23.8. The van der Waals surface area contributed by atoms with E-state index in [1.54, 1.807) is 42.8 Å². The van der Waals surface area contributed by atoms with Crippen LogP contribution in [-0.4, -0.2) is 39.3 Å². The van der Waals surface area contributed by atoms with Crippen LogP contribution in [0, 0.1) is 6.92 Å². The average Bonchev–Trinajstić information content (AvgIpc) is 3.20. The molecule has 0 spiro atoms. The minimum absolute atomic E-state index is 0.0496. The van der Waals surface area contributed by atoms with Gasteiger partial charge in [0.25, 0.3) is 5.91 Å². The molecular weight excluding hydrogens is 422 g/mol. The van der Waals surface area contributed by atoms with E-state index < -0.39 is 17.9 Å². The Kier molecular flexibility index (Phi) is 7.66. The van der Waals surface area contributed by atoms with E-state index in [2.05, 4.69) is 34.8 Å². The minimum Gasteiger partial charge on any atom is -0.494 e. The Balaban J connectivity index is 1.60. The highest BCUT2D eigenvalue weighted by atomic mass is 16.5. The van der Waals surface area contributed by atoms with Crippen molar-refractivity contribution in [2.75, 3.05) is 6.61 Å². The summed E-state index contributed by atoms with van der Waals surface area (Å²) < 4.78 is 12.6. The molecule has 0 fully saturated rings. The zero-order valence-electron chi connectivity index (χ0n) is 19.5. The topological polar surface area (TPSA) is 107 Å². The maximum absolute atomic E-state index is 12.5. The second kappa shape index (κ2) is 10.6. The molecule has 9 heteroatoms. The third-order valence-corrected chi connectivity index (χ3v) is 4.88. The summed E-state index contributed by atoms with van der Waals surface area (Å²) >= 11 is 0. The normalized spacial score (nSPS) is 11.7. The van der Waals surface area contributed by atoms with Gasteiger partial charge in [-0.05, 0) is 62.6 Å². The van der Waals surface area contributed by atoms with Crippen LogP contribution < -0.4 is 20.3 Å². The number of aryl methyl sites for hydroxylation is 1. The van der Waals surface area contributed by atoms with E-state index in [1.807, 2.05) is 31.2 Å². The molecule has 1 heterocycles. The number of nitrogens with zero attached hydrogens (tertiary/aromatic N) is 3. The number of nitrogens with one attached hydrogen (secondary N) is 2. The molecule has 1 atom stereocenters. The highest BCUT2D eigenvalue weighted by molar-refractivity contribution is 5.92. The van der Waals surface area contributed by atoms with Gasteiger partial charge in [-0.2, -0.15) is 0 Å². The molecule has 174 valence electrons. The number of hydrogen-bond acceptors (Lipinski definition) is 6. The highest BCUT2D eigenvalue weighted by Crippen LogP contribution is 2.23. The molecular formula is C24H29N5O4. The maximum atomic E-state index is 12.5. The largest absolute Gasteiger partial charge is 0.494 e. The summed E-state index contributed by atoms with van der Waals surface area (Å²) in [6.07, 6.45) is -0.839. The second-order valence-corrected chi connectivity index (χ2v) is 7.72. The summed E-state index contributed by atoms with van der Waals surface area (Å²) in [4.78, 5) is 29.1. The number of carbonyl (C=O) groups excluding carboxylic acids is 2. The van der Waals surface area contributed by atoms with Crippen molar-refractivity contribution in [1.82, 2.24) is 25.6 Å². The van der Waals surface area contributed by atoms with Gasteiger partial charge < -0.3 is 9.47 Å². The molecule has 0 radical (unpaired) electrons. The van der Waals surface area contributed by atoms with Crippen LogP contribution in [0.1, 0.15) is 55.6 Å². The number of rotatable bonds is 8. The zero-order chi connectivity index (χ0) is 24.0. The molecule has 2 aromatic carbocycles. The molecule has 1 aromatic heterocycles. The predicted octanol–water partition coefficient (Wildman–Crippen LogP) is 3.33. The SMILES string of the molecule is CCOc1ccc(OC(C)C(=O)NNC(=O)c2nc(C)n(-c3ccccc3C(C)C)n2)cc1. The lowest BCUT2D eigenvalue weighted by Gasteiger charge is -2.15. The monoisotopic (exact) mass is 451 g/mol. The van der Waals surface area contributed by atoms with E-state index in [-0.39, 0.29) is 11.7 Å². The Morgan fingerprint density at radius 2 is 1.67 bits per heavy atom. The molecule has 0 saturated heterocycles. The number of hydrogen-bond donors (Lipinski definition) is 2. The lowest BCUT2D eigenvalue weighted by atomic mass is 10.0. The first-order valence-corrected chi connectivity index (χ1v) is 10.8. The third-order valence-electron chi connectivity index (χ3n) is 4.88. The summed E-state index contributed by atoms with van der Waals surface area (Å²) in [6, 6.07) is 14.8. The Morgan fingerprint density at radius 1 is 1.00 bits per heavy atom. The number of hydrazine groups is 1. The number of para-hydroxylation sites is 1. The molecule has 0 aliphatic heterocycles. The summed E-state index contributed by atoms with van der Waals surface area (Å²) in [6.45, 7) is 9.99. The van der Waals surface area contributed by atoms with Crippen LogP contribution in [0.4, 0.5) is 0 Å². The zero-order valence-corrected chi connectivity index (χ0v) is 19.5. The second-order valence-electron chi connectivity index (χ2n) is 7.72. The fraction of sp³-hybridized carbons (Fsp3) is 0.333. The fourth-order valence-corrected chi connectivity index (χ4v) is 3.20. The molecule has 33 heavy (non-hydrogen) atoms. The highest BCUT2D eigenvalue weighted by Gasteiger charge is 2.20. The molecule has 1 unspecified atom stereocenters. The fourth-order valence-electron chi connectivity index (χ4n) is 3.20. The van der Waals surface area contributed by atoms with Crippen molar-refractivity contribution in [3.05, 3.63) is 65.7 Å². The molecule has 3 aromatic rings. The van der Waals surface area contributed by atoms with Crippen LogP contribution >= 0.6 is 0 Å². The van der Waals surface area contributed by atoms with Crippen LogP contribution in [0.5, 0.6) is 11.5 Å². The minimum atomic E-state index is -0.839. The van der Waals surface area contributed by atoms with Crippen molar-refractivity contribution in [3.63, 3.8) is 0 Å². The molecule has 2 amide bonds. The summed E-state index contributed by atoms with van der Waals surface area (Å²) in [7, 11) is 0. The molecule has 2 N–H and O–H groups in total. The van der Waals surface area contributed by atoms with Crippen molar-refractivity contribution in [3.8, 4) is 17.2 Å². The number of aromatic nitrogens is 3. The van der Waals surface area contributed by atoms with Gasteiger partial charge in [-0.25, -0.2) is 9.67 Å². The first-order chi connectivity index (χ1) is 15.8.